The van der Waals surface area contributed by atoms with Crippen LogP contribution >= 0.6 is 0 Å². The van der Waals surface area contributed by atoms with Gasteiger partial charge in [-0.25, -0.2) is 13.8 Å². The molecule has 3 aromatic rings. The number of hydrogen-bond donors (Lipinski definition) is 5. The quantitative estimate of drug-likeness (QED) is 0.442. The van der Waals surface area contributed by atoms with E-state index in [0.29, 0.717) is 16.9 Å². The molecule has 0 fully saturated rings. The zero-order valence-electron chi connectivity index (χ0n) is 13.3. The van der Waals surface area contributed by atoms with Crippen molar-refractivity contribution in [2.75, 3.05) is 12.3 Å². The lowest BCUT2D eigenvalue weighted by Crippen LogP contribution is -2.20. The van der Waals surface area contributed by atoms with Crippen molar-refractivity contribution in [3.05, 3.63) is 47.8 Å². The molecule has 0 aliphatic rings. The van der Waals surface area contributed by atoms with Crippen LogP contribution in [0.25, 0.3) is 21.8 Å². The Kier molecular flexibility index (Phi) is 4.62. The number of rotatable bonds is 6. The maximum atomic E-state index is 12.2. The van der Waals surface area contributed by atoms with Crippen LogP contribution in [0.5, 0.6) is 0 Å². The molecule has 0 saturated carbocycles. The maximum Gasteiger partial charge on any atom is 0.250 e. The normalized spacial score (nSPS) is 12.0. The van der Waals surface area contributed by atoms with Crippen LogP contribution in [0.1, 0.15) is 11.3 Å². The third kappa shape index (κ3) is 3.43. The lowest BCUT2D eigenvalue weighted by atomic mass is 10.1. The van der Waals surface area contributed by atoms with Crippen molar-refractivity contribution in [3.8, 4) is 0 Å². The number of H-pyrrole nitrogens is 1. The zero-order chi connectivity index (χ0) is 18.0. The van der Waals surface area contributed by atoms with Gasteiger partial charge in [0.15, 0.2) is 0 Å². The second-order valence-electron chi connectivity index (χ2n) is 5.61. The number of benzene rings is 1. The Labute approximate surface area is 142 Å². The largest absolute Gasteiger partial charge is 0.405 e. The number of allylic oxidation sites excluding steroid dienone is 1. The van der Waals surface area contributed by atoms with Gasteiger partial charge >= 0.3 is 0 Å². The number of aromatic nitrogens is 2. The number of nitrogen functional groups attached to an aromatic ring is 1. The summed E-state index contributed by atoms with van der Waals surface area (Å²) in [5, 5.41) is 12.2. The smallest absolute Gasteiger partial charge is 0.250 e. The molecule has 7 N–H and O–H groups in total. The SMILES string of the molecule is N=C(/C=C\N)c1ccc2c(c1)nc(N)c1cc(CNCC(F)F)[nH]c12. The molecule has 0 aliphatic heterocycles. The second-order valence-corrected chi connectivity index (χ2v) is 5.61. The summed E-state index contributed by atoms with van der Waals surface area (Å²) in [6, 6.07) is 7.23. The Morgan fingerprint density at radius 3 is 2.84 bits per heavy atom. The Balaban J connectivity index is 2.02. The topological polar surface area (TPSA) is 117 Å². The van der Waals surface area contributed by atoms with Crippen LogP contribution in [-0.2, 0) is 6.54 Å². The van der Waals surface area contributed by atoms with Gasteiger partial charge < -0.3 is 27.2 Å². The average Bonchev–Trinajstić information content (AvgIpc) is 2.99. The number of nitrogens with two attached hydrogens (primary N) is 2. The molecule has 2 aromatic heterocycles. The number of nitrogens with zero attached hydrogens (tertiary/aromatic N) is 1. The summed E-state index contributed by atoms with van der Waals surface area (Å²) in [6.45, 7) is -0.0893. The molecule has 0 aliphatic carbocycles. The minimum Gasteiger partial charge on any atom is -0.405 e. The highest BCUT2D eigenvalue weighted by atomic mass is 19.3. The van der Waals surface area contributed by atoms with E-state index >= 15 is 0 Å². The molecule has 25 heavy (non-hydrogen) atoms. The van der Waals surface area contributed by atoms with Crippen LogP contribution in [0.15, 0.2) is 36.5 Å². The lowest BCUT2D eigenvalue weighted by Gasteiger charge is -2.05. The molecule has 8 heteroatoms. The molecule has 130 valence electrons. The Hall–Kier alpha value is -3.00. The van der Waals surface area contributed by atoms with Crippen LogP contribution in [0, 0.1) is 5.41 Å². The van der Waals surface area contributed by atoms with E-state index in [0.717, 1.165) is 22.0 Å². The third-order valence-electron chi connectivity index (χ3n) is 3.85. The van der Waals surface area contributed by atoms with Crippen LogP contribution in [0.4, 0.5) is 14.6 Å². The molecule has 3 rings (SSSR count). The van der Waals surface area contributed by atoms with Crippen LogP contribution < -0.4 is 16.8 Å². The first kappa shape index (κ1) is 16.8. The van der Waals surface area contributed by atoms with E-state index in [9.17, 15) is 8.78 Å². The first-order valence-corrected chi connectivity index (χ1v) is 7.66. The molecule has 0 amide bonds. The first-order valence-electron chi connectivity index (χ1n) is 7.66. The van der Waals surface area contributed by atoms with Crippen LogP contribution in [0.3, 0.4) is 0 Å². The van der Waals surface area contributed by atoms with Crippen molar-refractivity contribution in [1.29, 1.82) is 5.41 Å². The molecule has 0 unspecified atom stereocenters. The summed E-state index contributed by atoms with van der Waals surface area (Å²) in [7, 11) is 0. The Bertz CT molecular complexity index is 961. The molecule has 6 nitrogen and oxygen atoms in total. The molecular weight excluding hydrogens is 326 g/mol. The molecule has 0 atom stereocenters. The van der Waals surface area contributed by atoms with Crippen molar-refractivity contribution in [1.82, 2.24) is 15.3 Å². The van der Waals surface area contributed by atoms with Gasteiger partial charge in [-0.3, -0.25) is 0 Å². The summed E-state index contributed by atoms with van der Waals surface area (Å²) in [6.07, 6.45) is 0.402. The van der Waals surface area contributed by atoms with Crippen molar-refractivity contribution in [3.63, 3.8) is 0 Å². The van der Waals surface area contributed by atoms with E-state index in [4.69, 9.17) is 16.9 Å². The highest BCUT2D eigenvalue weighted by molar-refractivity contribution is 6.12. The predicted octanol–water partition coefficient (Wildman–Crippen LogP) is 2.49. The van der Waals surface area contributed by atoms with Gasteiger partial charge in [-0.15, -0.1) is 0 Å². The maximum absolute atomic E-state index is 12.2. The molecular formula is C17H18F2N6. The van der Waals surface area contributed by atoms with Crippen LogP contribution in [0.2, 0.25) is 0 Å². The second kappa shape index (κ2) is 6.86. The van der Waals surface area contributed by atoms with Gasteiger partial charge in [0.1, 0.15) is 5.82 Å². The van der Waals surface area contributed by atoms with Crippen molar-refractivity contribution < 1.29 is 8.78 Å². The van der Waals surface area contributed by atoms with E-state index in [1.165, 1.54) is 12.3 Å². The fourth-order valence-corrected chi connectivity index (χ4v) is 2.72. The number of aromatic amines is 1. The predicted molar refractivity (Wildman–Crippen MR) is 95.9 cm³/mol. The number of halogens is 2. The first-order chi connectivity index (χ1) is 12.0. The molecule has 0 spiro atoms. The lowest BCUT2D eigenvalue weighted by molar-refractivity contribution is 0.145. The van der Waals surface area contributed by atoms with Gasteiger partial charge in [0.05, 0.1) is 23.3 Å². The fraction of sp³-hybridized carbons (Fsp3) is 0.176. The highest BCUT2D eigenvalue weighted by Gasteiger charge is 2.12. The van der Waals surface area contributed by atoms with Gasteiger partial charge in [-0.05, 0) is 24.4 Å². The van der Waals surface area contributed by atoms with Gasteiger partial charge in [0, 0.05) is 28.6 Å². The fourth-order valence-electron chi connectivity index (χ4n) is 2.72. The van der Waals surface area contributed by atoms with Crippen LogP contribution in [-0.4, -0.2) is 28.6 Å². The highest BCUT2D eigenvalue weighted by Crippen LogP contribution is 2.29. The Morgan fingerprint density at radius 2 is 2.12 bits per heavy atom. The summed E-state index contributed by atoms with van der Waals surface area (Å²) in [5.74, 6) is 0.344. The zero-order valence-corrected chi connectivity index (χ0v) is 13.3. The number of fused-ring (bicyclic) bond motifs is 3. The van der Waals surface area contributed by atoms with E-state index in [-0.39, 0.29) is 18.8 Å². The number of pyridine rings is 1. The standard InChI is InChI=1S/C17H18F2N6/c18-15(19)8-23-7-10-6-12-16(24-10)11-2-1-9(13(21)3-4-20)5-14(11)25-17(12)22/h1-6,15,21,23-24H,7-8,20H2,(H2,22,25)/b4-3-,21-13?. The minimum absolute atomic E-state index is 0.272. The summed E-state index contributed by atoms with van der Waals surface area (Å²) < 4.78 is 24.5. The molecule has 0 bridgehead atoms. The minimum atomic E-state index is -2.40. The van der Waals surface area contributed by atoms with Gasteiger partial charge in [0.2, 0.25) is 0 Å². The third-order valence-corrected chi connectivity index (χ3v) is 3.85. The molecule has 1 aromatic carbocycles. The van der Waals surface area contributed by atoms with Gasteiger partial charge in [-0.1, -0.05) is 12.1 Å². The number of alkyl halides is 2. The summed E-state index contributed by atoms with van der Waals surface area (Å²) in [4.78, 5) is 7.61. The van der Waals surface area contributed by atoms with Crippen molar-refractivity contribution in [2.45, 2.75) is 13.0 Å². The van der Waals surface area contributed by atoms with E-state index in [1.807, 2.05) is 12.1 Å². The molecule has 0 radical (unpaired) electrons. The van der Waals surface area contributed by atoms with E-state index in [1.54, 1.807) is 12.1 Å². The molecule has 2 heterocycles. The summed E-state index contributed by atoms with van der Waals surface area (Å²) >= 11 is 0. The Morgan fingerprint density at radius 1 is 1.32 bits per heavy atom. The number of nitrogens with one attached hydrogen (secondary N) is 3. The molecule has 0 saturated heterocycles. The number of anilines is 1. The van der Waals surface area contributed by atoms with Gasteiger partial charge in [0.25, 0.3) is 6.43 Å². The van der Waals surface area contributed by atoms with E-state index in [2.05, 4.69) is 15.3 Å². The van der Waals surface area contributed by atoms with Crippen molar-refractivity contribution in [2.24, 2.45) is 5.73 Å². The van der Waals surface area contributed by atoms with Crippen molar-refractivity contribution >= 4 is 33.3 Å². The van der Waals surface area contributed by atoms with E-state index < -0.39 is 6.43 Å². The number of hydrogen-bond acceptors (Lipinski definition) is 5. The average molecular weight is 344 g/mol. The monoisotopic (exact) mass is 344 g/mol. The van der Waals surface area contributed by atoms with Gasteiger partial charge in [-0.2, -0.15) is 0 Å². The summed E-state index contributed by atoms with van der Waals surface area (Å²) in [5.41, 5.74) is 14.5.